The number of carboxylic acid groups (broad SMARTS) is 1. The van der Waals surface area contributed by atoms with E-state index in [4.69, 9.17) is 9.90 Å². The number of carbonyl (C=O) groups is 1. The van der Waals surface area contributed by atoms with Crippen molar-refractivity contribution >= 4 is 23.3 Å². The lowest BCUT2D eigenvalue weighted by Crippen LogP contribution is -2.58. The van der Waals surface area contributed by atoms with Gasteiger partial charge in [0, 0.05) is 44.0 Å². The number of hydrogen-bond donors (Lipinski definition) is 1. The molecule has 0 saturated carbocycles. The third-order valence-corrected chi connectivity index (χ3v) is 5.91. The van der Waals surface area contributed by atoms with Crippen LogP contribution in [0.25, 0.3) is 0 Å². The summed E-state index contributed by atoms with van der Waals surface area (Å²) in [5.41, 5.74) is 3.14. The fourth-order valence-electron chi connectivity index (χ4n) is 3.66. The molecule has 158 valence electrons. The Kier molecular flexibility index (Phi) is 6.42. The molecule has 2 aromatic rings. The normalized spacial score (nSPS) is 18.3. The maximum absolute atomic E-state index is 10.6. The average molecular weight is 428 g/mol. The minimum atomic E-state index is -5.08. The first-order valence-corrected chi connectivity index (χ1v) is 10.2. The summed E-state index contributed by atoms with van der Waals surface area (Å²) >= 11 is 1.79. The summed E-state index contributed by atoms with van der Waals surface area (Å²) in [6, 6.07) is 2.24. The molecule has 0 unspecified atom stereocenters. The smallest absolute Gasteiger partial charge is 0.475 e. The van der Waals surface area contributed by atoms with Crippen LogP contribution in [0.15, 0.2) is 29.2 Å². The van der Waals surface area contributed by atoms with Crippen LogP contribution in [0, 0.1) is 5.41 Å². The molecule has 2 aliphatic heterocycles. The van der Waals surface area contributed by atoms with Gasteiger partial charge in [-0.2, -0.15) is 24.5 Å². The number of carboxylic acids is 1. The van der Waals surface area contributed by atoms with E-state index < -0.39 is 12.1 Å². The Labute approximate surface area is 171 Å². The number of hydrogen-bond acceptors (Lipinski definition) is 6. The lowest BCUT2D eigenvalue weighted by molar-refractivity contribution is -0.192. The predicted molar refractivity (Wildman–Crippen MR) is 104 cm³/mol. The summed E-state index contributed by atoms with van der Waals surface area (Å²) in [6.45, 7) is 7.90. The van der Waals surface area contributed by atoms with Gasteiger partial charge < -0.3 is 10.0 Å². The van der Waals surface area contributed by atoms with Gasteiger partial charge in [-0.15, -0.1) is 0 Å². The van der Waals surface area contributed by atoms with Crippen LogP contribution in [-0.4, -0.2) is 58.3 Å². The zero-order chi connectivity index (χ0) is 21.1. The molecular weight excluding hydrogens is 405 g/mol. The van der Waals surface area contributed by atoms with Gasteiger partial charge in [-0.05, 0) is 47.3 Å². The number of aromatic nitrogens is 2. The molecule has 4 rings (SSSR count). The topological polar surface area (TPSA) is 69.6 Å². The highest BCUT2D eigenvalue weighted by Crippen LogP contribution is 2.41. The summed E-state index contributed by atoms with van der Waals surface area (Å²) < 4.78 is 31.7. The molecule has 0 atom stereocenters. The largest absolute Gasteiger partial charge is 0.490 e. The highest BCUT2D eigenvalue weighted by molar-refractivity contribution is 7.07. The summed E-state index contributed by atoms with van der Waals surface area (Å²) in [6.07, 6.45) is 1.15. The summed E-state index contributed by atoms with van der Waals surface area (Å²) in [5, 5.41) is 11.6. The lowest BCUT2D eigenvalue weighted by atomic mass is 9.79. The van der Waals surface area contributed by atoms with Crippen molar-refractivity contribution < 1.29 is 23.1 Å². The van der Waals surface area contributed by atoms with Crippen molar-refractivity contribution in [3.8, 4) is 0 Å². The van der Waals surface area contributed by atoms with Gasteiger partial charge >= 0.3 is 12.1 Å². The molecule has 1 N–H and O–H groups in total. The van der Waals surface area contributed by atoms with E-state index in [2.05, 4.69) is 43.5 Å². The van der Waals surface area contributed by atoms with E-state index in [9.17, 15) is 13.2 Å². The summed E-state index contributed by atoms with van der Waals surface area (Å²) in [7, 11) is 0. The number of anilines is 1. The zero-order valence-electron chi connectivity index (χ0n) is 16.0. The standard InChI is InChI=1S/C17H22N4S.C2HF3O2/c1-2-14-7-18-16(19-8-14)21-12-17(13-21)4-5-20(11-17)9-15-3-6-22-10-15;3-2(4,5)1(6)7/h3,6-8,10H,2,4-5,9,11-13H2,1H3;(H,6,7). The van der Waals surface area contributed by atoms with Crippen molar-refractivity contribution in [2.24, 2.45) is 5.41 Å². The number of nitrogens with zero attached hydrogens (tertiary/aromatic N) is 4. The van der Waals surface area contributed by atoms with Crippen molar-refractivity contribution in [3.05, 3.63) is 40.3 Å². The van der Waals surface area contributed by atoms with Crippen molar-refractivity contribution in [1.29, 1.82) is 0 Å². The summed E-state index contributed by atoms with van der Waals surface area (Å²) in [4.78, 5) is 22.8. The van der Waals surface area contributed by atoms with Crippen LogP contribution in [0.2, 0.25) is 0 Å². The second-order valence-electron chi connectivity index (χ2n) is 7.50. The SMILES string of the molecule is CCc1cnc(N2CC3(CCN(Cc4ccsc4)C3)C2)nc1.O=C(O)C(F)(F)F. The summed E-state index contributed by atoms with van der Waals surface area (Å²) in [5.74, 6) is -1.85. The Bertz CT molecular complexity index is 806. The van der Waals surface area contributed by atoms with Crippen molar-refractivity contribution in [1.82, 2.24) is 14.9 Å². The van der Waals surface area contributed by atoms with Crippen molar-refractivity contribution in [2.75, 3.05) is 31.1 Å². The molecule has 1 spiro atoms. The Morgan fingerprint density at radius 1 is 1.24 bits per heavy atom. The number of rotatable bonds is 4. The fraction of sp³-hybridized carbons (Fsp3) is 0.526. The molecule has 2 aromatic heterocycles. The Balaban J connectivity index is 0.000000298. The van der Waals surface area contributed by atoms with Gasteiger partial charge in [-0.1, -0.05) is 6.92 Å². The minimum Gasteiger partial charge on any atom is -0.475 e. The van der Waals surface area contributed by atoms with Crippen LogP contribution < -0.4 is 4.90 Å². The first kappa shape index (κ1) is 21.5. The van der Waals surface area contributed by atoms with E-state index in [1.807, 2.05) is 12.4 Å². The van der Waals surface area contributed by atoms with E-state index in [0.717, 1.165) is 32.0 Å². The van der Waals surface area contributed by atoms with Gasteiger partial charge in [-0.25, -0.2) is 14.8 Å². The first-order chi connectivity index (χ1) is 13.7. The molecule has 2 fully saturated rings. The van der Waals surface area contributed by atoms with E-state index in [1.165, 1.54) is 30.6 Å². The van der Waals surface area contributed by atoms with E-state index in [1.54, 1.807) is 11.3 Å². The second kappa shape index (κ2) is 8.66. The van der Waals surface area contributed by atoms with Crippen LogP contribution in [0.4, 0.5) is 19.1 Å². The third-order valence-electron chi connectivity index (χ3n) is 5.18. The molecule has 0 radical (unpaired) electrons. The Morgan fingerprint density at radius 2 is 1.90 bits per heavy atom. The predicted octanol–water partition coefficient (Wildman–Crippen LogP) is 3.45. The molecule has 2 aliphatic rings. The third kappa shape index (κ3) is 5.45. The molecular formula is C19H23F3N4O2S. The Morgan fingerprint density at radius 3 is 2.41 bits per heavy atom. The van der Waals surface area contributed by atoms with Crippen LogP contribution in [0.5, 0.6) is 0 Å². The molecule has 0 bridgehead atoms. The fourth-order valence-corrected chi connectivity index (χ4v) is 4.32. The van der Waals surface area contributed by atoms with Gasteiger partial charge in [0.25, 0.3) is 0 Å². The number of alkyl halides is 3. The van der Waals surface area contributed by atoms with Crippen LogP contribution in [0.3, 0.4) is 0 Å². The van der Waals surface area contributed by atoms with E-state index in [0.29, 0.717) is 5.41 Å². The maximum Gasteiger partial charge on any atom is 0.490 e. The van der Waals surface area contributed by atoms with Crippen molar-refractivity contribution in [3.63, 3.8) is 0 Å². The van der Waals surface area contributed by atoms with Gasteiger partial charge in [0.05, 0.1) is 0 Å². The number of halogens is 3. The molecule has 2 saturated heterocycles. The number of aliphatic carboxylic acids is 1. The molecule has 6 nitrogen and oxygen atoms in total. The van der Waals surface area contributed by atoms with Gasteiger partial charge in [0.1, 0.15) is 0 Å². The second-order valence-corrected chi connectivity index (χ2v) is 8.28. The van der Waals surface area contributed by atoms with Crippen LogP contribution >= 0.6 is 11.3 Å². The van der Waals surface area contributed by atoms with Gasteiger partial charge in [0.2, 0.25) is 5.95 Å². The van der Waals surface area contributed by atoms with E-state index in [-0.39, 0.29) is 0 Å². The van der Waals surface area contributed by atoms with Gasteiger partial charge in [0.15, 0.2) is 0 Å². The van der Waals surface area contributed by atoms with Crippen LogP contribution in [0.1, 0.15) is 24.5 Å². The van der Waals surface area contributed by atoms with Gasteiger partial charge in [-0.3, -0.25) is 4.90 Å². The highest BCUT2D eigenvalue weighted by Gasteiger charge is 2.48. The quantitative estimate of drug-likeness (QED) is 0.805. The molecule has 29 heavy (non-hydrogen) atoms. The lowest BCUT2D eigenvalue weighted by Gasteiger charge is -2.48. The highest BCUT2D eigenvalue weighted by atomic mass is 32.1. The minimum absolute atomic E-state index is 0.475. The molecule has 0 aromatic carbocycles. The molecule has 0 aliphatic carbocycles. The zero-order valence-corrected chi connectivity index (χ0v) is 16.8. The number of likely N-dealkylation sites (tertiary alicyclic amines) is 1. The van der Waals surface area contributed by atoms with E-state index >= 15 is 0 Å². The first-order valence-electron chi connectivity index (χ1n) is 9.30. The monoisotopic (exact) mass is 428 g/mol. The van der Waals surface area contributed by atoms with Crippen molar-refractivity contribution in [2.45, 2.75) is 32.5 Å². The molecule has 0 amide bonds. The van der Waals surface area contributed by atoms with Crippen LogP contribution in [-0.2, 0) is 17.8 Å². The average Bonchev–Trinajstić information content (AvgIpc) is 3.31. The number of thiophene rings is 1. The maximum atomic E-state index is 10.6. The molecule has 10 heteroatoms. The number of aryl methyl sites for hydroxylation is 1. The Hall–Kier alpha value is -2.20. The molecule has 4 heterocycles.